The van der Waals surface area contributed by atoms with Crippen molar-refractivity contribution in [1.29, 1.82) is 0 Å². The van der Waals surface area contributed by atoms with Crippen molar-refractivity contribution in [3.05, 3.63) is 161 Å². The fraction of sp³-hybridized carbons (Fsp3) is 0.209. The first-order valence-corrected chi connectivity index (χ1v) is 18.8. The molecule has 0 spiro atoms. The molecule has 0 bridgehead atoms. The second kappa shape index (κ2) is 19.2. The van der Waals surface area contributed by atoms with E-state index in [1.54, 1.807) is 30.5 Å². The Balaban J connectivity index is 1.37. The van der Waals surface area contributed by atoms with Gasteiger partial charge in [-0.1, -0.05) is 109 Å². The number of nitrogens with one attached hydrogen (secondary N) is 3. The van der Waals surface area contributed by atoms with Gasteiger partial charge in [-0.15, -0.1) is 0 Å². The topological polar surface area (TPSA) is 171 Å². The van der Waals surface area contributed by atoms with E-state index < -0.39 is 47.1 Å². The van der Waals surface area contributed by atoms with Crippen LogP contribution in [0.1, 0.15) is 32.6 Å². The van der Waals surface area contributed by atoms with E-state index in [1.807, 2.05) is 84.9 Å². The molecule has 0 aliphatic rings. The smallest absolute Gasteiger partial charge is 0.335 e. The van der Waals surface area contributed by atoms with Crippen molar-refractivity contribution in [2.45, 2.75) is 49.2 Å². The van der Waals surface area contributed by atoms with Gasteiger partial charge >= 0.3 is 5.97 Å². The summed E-state index contributed by atoms with van der Waals surface area (Å²) in [5.41, 5.74) is 11.9. The summed E-state index contributed by atoms with van der Waals surface area (Å²) >= 11 is 1.25. The highest BCUT2D eigenvalue weighted by atomic mass is 32.2. The molecule has 3 amide bonds. The van der Waals surface area contributed by atoms with E-state index in [4.69, 9.17) is 5.73 Å². The van der Waals surface area contributed by atoms with Crippen LogP contribution < -0.4 is 21.7 Å². The lowest BCUT2D eigenvalue weighted by atomic mass is 9.98. The summed E-state index contributed by atoms with van der Waals surface area (Å²) in [6, 6.07) is 37.1. The second-order valence-corrected chi connectivity index (χ2v) is 14.0. The van der Waals surface area contributed by atoms with Crippen LogP contribution in [0.3, 0.4) is 0 Å². The van der Waals surface area contributed by atoms with Crippen LogP contribution in [0, 0.1) is 0 Å². The van der Waals surface area contributed by atoms with Crippen LogP contribution in [0.25, 0.3) is 11.1 Å². The Hall–Kier alpha value is -5.91. The fourth-order valence-corrected chi connectivity index (χ4v) is 6.79. The number of amides is 3. The predicted molar refractivity (Wildman–Crippen MR) is 212 cm³/mol. The summed E-state index contributed by atoms with van der Waals surface area (Å²) in [7, 11) is 0. The van der Waals surface area contributed by atoms with Crippen molar-refractivity contribution in [3.8, 4) is 16.9 Å². The number of aromatic hydroxyl groups is 1. The van der Waals surface area contributed by atoms with Crippen LogP contribution in [0.4, 0.5) is 0 Å². The highest BCUT2D eigenvalue weighted by Gasteiger charge is 2.31. The molecule has 4 atom stereocenters. The molecule has 0 aliphatic carbocycles. The number of phenols is 1. The Morgan fingerprint density at radius 1 is 0.593 bits per heavy atom. The number of carboxylic acid groups (broad SMARTS) is 1. The lowest BCUT2D eigenvalue weighted by Gasteiger charge is -2.27. The van der Waals surface area contributed by atoms with Gasteiger partial charge in [-0.25, -0.2) is 4.79 Å². The van der Waals surface area contributed by atoms with E-state index in [0.717, 1.165) is 33.4 Å². The van der Waals surface area contributed by atoms with Crippen molar-refractivity contribution in [2.24, 2.45) is 5.73 Å². The molecule has 0 aliphatic heterocycles. The van der Waals surface area contributed by atoms with Gasteiger partial charge in [-0.05, 0) is 70.3 Å². The molecule has 10 nitrogen and oxygen atoms in total. The number of aromatic carboxylic acids is 1. The number of carboxylic acids is 1. The van der Waals surface area contributed by atoms with Gasteiger partial charge in [0.1, 0.15) is 17.8 Å². The molecule has 2 unspecified atom stereocenters. The third-order valence-corrected chi connectivity index (χ3v) is 10.1. The molecular formula is C43H44N4O6S. The summed E-state index contributed by atoms with van der Waals surface area (Å²) in [5, 5.41) is 27.1. The minimum Gasteiger partial charge on any atom is -0.508 e. The molecular weight excluding hydrogens is 701 g/mol. The standard InChI is InChI=1S/C43H44N4O6S/c1-54-39(36(44)24-28-14-20-34(21-15-28)43(52)53)42(51)47-38(26-29-12-18-33(19-13-29)32-10-6-3-7-11-32)41(50)46-37(25-30-16-22-35(48)23-17-30)40(49)45-27-31-8-4-2-5-9-31/h2-23,36-39,48H,24-27,44H2,1H3,(H,45,49)(H,46,50)(H,47,51)(H,52,53)/t36-,37?,38?,39-/m0/s1. The zero-order valence-corrected chi connectivity index (χ0v) is 30.7. The largest absolute Gasteiger partial charge is 0.508 e. The van der Waals surface area contributed by atoms with Crippen LogP contribution in [-0.2, 0) is 40.2 Å². The number of hydrogen-bond donors (Lipinski definition) is 6. The maximum Gasteiger partial charge on any atom is 0.335 e. The summed E-state index contributed by atoms with van der Waals surface area (Å²) in [6.45, 7) is 0.252. The molecule has 7 N–H and O–H groups in total. The van der Waals surface area contributed by atoms with Crippen molar-refractivity contribution in [3.63, 3.8) is 0 Å². The van der Waals surface area contributed by atoms with Gasteiger partial charge in [0, 0.05) is 25.4 Å². The molecule has 278 valence electrons. The van der Waals surface area contributed by atoms with E-state index in [0.29, 0.717) is 6.42 Å². The van der Waals surface area contributed by atoms with Crippen LogP contribution in [0.5, 0.6) is 5.75 Å². The maximum atomic E-state index is 14.2. The molecule has 0 fully saturated rings. The van der Waals surface area contributed by atoms with Gasteiger partial charge in [0.25, 0.3) is 0 Å². The first kappa shape index (κ1) is 39.3. The zero-order valence-electron chi connectivity index (χ0n) is 29.9. The van der Waals surface area contributed by atoms with Gasteiger partial charge in [0.05, 0.1) is 10.8 Å². The number of benzene rings is 5. The molecule has 0 aromatic heterocycles. The quantitative estimate of drug-likeness (QED) is 0.0762. The molecule has 54 heavy (non-hydrogen) atoms. The predicted octanol–water partition coefficient (Wildman–Crippen LogP) is 5.13. The highest BCUT2D eigenvalue weighted by Crippen LogP contribution is 2.21. The molecule has 11 heteroatoms. The summed E-state index contributed by atoms with van der Waals surface area (Å²) < 4.78 is 0. The lowest BCUT2D eigenvalue weighted by Crippen LogP contribution is -2.57. The summed E-state index contributed by atoms with van der Waals surface area (Å²) in [4.78, 5) is 53.1. The Morgan fingerprint density at radius 2 is 1.07 bits per heavy atom. The van der Waals surface area contributed by atoms with Crippen molar-refractivity contribution >= 4 is 35.5 Å². The third kappa shape index (κ3) is 11.3. The van der Waals surface area contributed by atoms with Gasteiger partial charge in [-0.2, -0.15) is 11.8 Å². The van der Waals surface area contributed by atoms with Crippen LogP contribution in [-0.4, -0.2) is 63.5 Å². The number of carbonyl (C=O) groups is 4. The lowest BCUT2D eigenvalue weighted by molar-refractivity contribution is -0.132. The molecule has 0 radical (unpaired) electrons. The van der Waals surface area contributed by atoms with Crippen LogP contribution >= 0.6 is 11.8 Å². The minimum absolute atomic E-state index is 0.0766. The van der Waals surface area contributed by atoms with Gasteiger partial charge in [-0.3, -0.25) is 14.4 Å². The molecule has 0 saturated heterocycles. The molecule has 5 aromatic carbocycles. The second-order valence-electron chi connectivity index (χ2n) is 13.0. The number of thioether (sulfide) groups is 1. The van der Waals surface area contributed by atoms with Gasteiger partial charge in [0.15, 0.2) is 0 Å². The molecule has 5 aromatic rings. The van der Waals surface area contributed by atoms with Gasteiger partial charge in [0.2, 0.25) is 17.7 Å². The molecule has 0 saturated carbocycles. The van der Waals surface area contributed by atoms with Crippen molar-refractivity contribution in [2.75, 3.05) is 6.26 Å². The number of hydrogen-bond acceptors (Lipinski definition) is 7. The normalized spacial score (nSPS) is 13.1. The summed E-state index contributed by atoms with van der Waals surface area (Å²) in [5.74, 6) is -2.36. The van der Waals surface area contributed by atoms with E-state index >= 15 is 0 Å². The molecule has 5 rings (SSSR count). The summed E-state index contributed by atoms with van der Waals surface area (Å²) in [6.07, 6.45) is 2.34. The number of nitrogens with two attached hydrogens (primary N) is 1. The maximum absolute atomic E-state index is 14.2. The van der Waals surface area contributed by atoms with Crippen molar-refractivity contribution < 1.29 is 29.4 Å². The Labute approximate surface area is 319 Å². The fourth-order valence-electron chi connectivity index (χ4n) is 6.06. The number of rotatable bonds is 17. The van der Waals surface area contributed by atoms with Gasteiger partial charge < -0.3 is 31.9 Å². The molecule has 0 heterocycles. The minimum atomic E-state index is -1.07. The average Bonchev–Trinajstić information content (AvgIpc) is 3.18. The van der Waals surface area contributed by atoms with Crippen LogP contribution in [0.15, 0.2) is 133 Å². The van der Waals surface area contributed by atoms with E-state index in [-0.39, 0.29) is 30.7 Å². The monoisotopic (exact) mass is 744 g/mol. The Morgan fingerprint density at radius 3 is 1.65 bits per heavy atom. The van der Waals surface area contributed by atoms with E-state index in [9.17, 15) is 29.4 Å². The number of carbonyl (C=O) groups excluding carboxylic acids is 3. The SMILES string of the molecule is CS[C@H](C(=O)NC(Cc1ccc(-c2ccccc2)cc1)C(=O)NC(Cc1ccc(O)cc1)C(=O)NCc1ccccc1)[C@@H](N)Cc1ccc(C(=O)O)cc1. The van der Waals surface area contributed by atoms with E-state index in [2.05, 4.69) is 16.0 Å². The first-order valence-electron chi connectivity index (χ1n) is 17.5. The average molecular weight is 745 g/mol. The zero-order chi connectivity index (χ0) is 38.5. The highest BCUT2D eigenvalue weighted by molar-refractivity contribution is 8.00. The van der Waals surface area contributed by atoms with Crippen molar-refractivity contribution in [1.82, 2.24) is 16.0 Å². The Bertz CT molecular complexity index is 1990. The van der Waals surface area contributed by atoms with E-state index in [1.165, 1.54) is 36.0 Å². The van der Waals surface area contributed by atoms with Crippen LogP contribution in [0.2, 0.25) is 0 Å². The Kier molecular flexibility index (Phi) is 14.0. The number of phenolic OH excluding ortho intramolecular Hbond substituents is 1. The first-order chi connectivity index (χ1) is 26.1. The third-order valence-electron chi connectivity index (χ3n) is 9.03.